The van der Waals surface area contributed by atoms with Gasteiger partial charge >= 0.3 is 12.1 Å². The van der Waals surface area contributed by atoms with Crippen LogP contribution in [0.3, 0.4) is 0 Å². The summed E-state index contributed by atoms with van der Waals surface area (Å²) in [6.07, 6.45) is 1.36. The predicted molar refractivity (Wildman–Crippen MR) is 101 cm³/mol. The quantitative estimate of drug-likeness (QED) is 0.526. The van der Waals surface area contributed by atoms with Gasteiger partial charge in [0.15, 0.2) is 0 Å². The molecule has 1 aliphatic rings. The van der Waals surface area contributed by atoms with Gasteiger partial charge in [0.05, 0.1) is 11.5 Å². The van der Waals surface area contributed by atoms with Crippen LogP contribution in [0.25, 0.3) is 0 Å². The van der Waals surface area contributed by atoms with Crippen molar-refractivity contribution in [2.45, 2.75) is 43.5 Å². The topological polar surface area (TPSA) is 133 Å². The molecule has 0 spiro atoms. The van der Waals surface area contributed by atoms with E-state index in [0.29, 0.717) is 12.4 Å². The fourth-order valence-electron chi connectivity index (χ4n) is 3.06. The number of hydrogen-bond acceptors (Lipinski definition) is 5. The monoisotopic (exact) mass is 414 g/mol. The van der Waals surface area contributed by atoms with E-state index < -0.39 is 34.0 Å². The molecule has 0 radical (unpaired) electrons. The van der Waals surface area contributed by atoms with Crippen molar-refractivity contribution in [2.75, 3.05) is 19.7 Å². The molecule has 1 saturated heterocycles. The lowest BCUT2D eigenvalue weighted by atomic mass is 9.90. The first kappa shape index (κ1) is 22.0. The number of aliphatic carboxylic acids is 1. The number of nitrogens with zero attached hydrogens (tertiary/aromatic N) is 1. The first-order chi connectivity index (χ1) is 13.2. The van der Waals surface area contributed by atoms with Crippen molar-refractivity contribution in [3.63, 3.8) is 0 Å². The minimum absolute atomic E-state index is 0.0513. The summed E-state index contributed by atoms with van der Waals surface area (Å²) in [5.74, 6) is -1.22. The Balaban J connectivity index is 2.05. The summed E-state index contributed by atoms with van der Waals surface area (Å²) in [5, 5.41) is 18.5. The van der Waals surface area contributed by atoms with Gasteiger partial charge in [-0.2, -0.15) is 4.72 Å². The zero-order valence-electron chi connectivity index (χ0n) is 15.7. The van der Waals surface area contributed by atoms with Gasteiger partial charge in [0.25, 0.3) is 0 Å². The van der Waals surface area contributed by atoms with Crippen LogP contribution in [-0.2, 0) is 14.8 Å². The molecule has 1 amide bonds. The molecule has 3 N–H and O–H groups in total. The van der Waals surface area contributed by atoms with Crippen molar-refractivity contribution in [1.29, 1.82) is 0 Å². The SMILES string of the molecule is CCCCOc1ccc(S(=O)(=O)NC(C(=O)O)C2CCN(C(=O)O)CC2)cc1. The number of benzene rings is 1. The van der Waals surface area contributed by atoms with Crippen molar-refractivity contribution in [2.24, 2.45) is 5.92 Å². The third-order valence-corrected chi connectivity index (χ3v) is 6.19. The molecule has 1 heterocycles. The molecule has 0 aromatic heterocycles. The second-order valence-electron chi connectivity index (χ2n) is 6.72. The Morgan fingerprint density at radius 2 is 1.82 bits per heavy atom. The predicted octanol–water partition coefficient (Wildman–Crippen LogP) is 1.99. The van der Waals surface area contributed by atoms with Crippen molar-refractivity contribution in [3.05, 3.63) is 24.3 Å². The van der Waals surface area contributed by atoms with Crippen molar-refractivity contribution in [3.8, 4) is 5.75 Å². The maximum Gasteiger partial charge on any atom is 0.407 e. The number of sulfonamides is 1. The highest BCUT2D eigenvalue weighted by Crippen LogP contribution is 2.23. The minimum atomic E-state index is -4.04. The van der Waals surface area contributed by atoms with Gasteiger partial charge in [-0.25, -0.2) is 13.2 Å². The second-order valence-corrected chi connectivity index (χ2v) is 8.43. The molecular weight excluding hydrogens is 388 g/mol. The van der Waals surface area contributed by atoms with Crippen LogP contribution in [0.2, 0.25) is 0 Å². The fourth-order valence-corrected chi connectivity index (χ4v) is 4.31. The number of likely N-dealkylation sites (tertiary alicyclic amines) is 1. The van der Waals surface area contributed by atoms with Crippen LogP contribution in [0.1, 0.15) is 32.6 Å². The number of unbranched alkanes of at least 4 members (excludes halogenated alkanes) is 1. The van der Waals surface area contributed by atoms with Crippen LogP contribution < -0.4 is 9.46 Å². The van der Waals surface area contributed by atoms with Gasteiger partial charge in [-0.3, -0.25) is 4.79 Å². The van der Waals surface area contributed by atoms with Gasteiger partial charge in [-0.05, 0) is 49.4 Å². The number of piperidine rings is 1. The molecule has 156 valence electrons. The van der Waals surface area contributed by atoms with E-state index in [1.165, 1.54) is 29.2 Å². The lowest BCUT2D eigenvalue weighted by Crippen LogP contribution is -2.50. The van der Waals surface area contributed by atoms with Crippen LogP contribution in [0.5, 0.6) is 5.75 Å². The molecule has 0 aliphatic carbocycles. The summed E-state index contributed by atoms with van der Waals surface area (Å²) in [5.41, 5.74) is 0. The van der Waals surface area contributed by atoms with Gasteiger partial charge in [0.1, 0.15) is 11.8 Å². The van der Waals surface area contributed by atoms with E-state index in [0.717, 1.165) is 12.8 Å². The number of carboxylic acids is 1. The van der Waals surface area contributed by atoms with Gasteiger partial charge < -0.3 is 19.8 Å². The summed E-state index contributed by atoms with van der Waals surface area (Å²) in [6.45, 7) is 2.93. The van der Waals surface area contributed by atoms with Crippen molar-refractivity contribution < 1.29 is 33.0 Å². The number of carboxylic acid groups (broad SMARTS) is 2. The van der Waals surface area contributed by atoms with Crippen LogP contribution in [0, 0.1) is 5.92 Å². The number of rotatable bonds is 9. The standard InChI is InChI=1S/C18H26N2O7S/c1-2-3-12-27-14-4-6-15(7-5-14)28(25,26)19-16(17(21)22)13-8-10-20(11-9-13)18(23)24/h4-7,13,16,19H,2-3,8-12H2,1H3,(H,21,22)(H,23,24). The molecule has 1 aromatic carbocycles. The fraction of sp³-hybridized carbons (Fsp3) is 0.556. The minimum Gasteiger partial charge on any atom is -0.494 e. The van der Waals surface area contributed by atoms with E-state index in [4.69, 9.17) is 9.84 Å². The Labute approximate surface area is 164 Å². The highest BCUT2D eigenvalue weighted by atomic mass is 32.2. The molecule has 1 aliphatic heterocycles. The normalized spacial score (nSPS) is 16.5. The smallest absolute Gasteiger partial charge is 0.407 e. The van der Waals surface area contributed by atoms with Crippen molar-refractivity contribution >= 4 is 22.1 Å². The summed E-state index contributed by atoms with van der Waals surface area (Å²) in [6, 6.07) is 4.49. The molecule has 1 unspecified atom stereocenters. The molecule has 0 saturated carbocycles. The molecule has 1 atom stereocenters. The second kappa shape index (κ2) is 9.74. The maximum absolute atomic E-state index is 12.6. The van der Waals surface area contributed by atoms with Gasteiger partial charge in [0.2, 0.25) is 10.0 Å². The average molecular weight is 414 g/mol. The molecule has 10 heteroatoms. The Morgan fingerprint density at radius 1 is 1.21 bits per heavy atom. The van der Waals surface area contributed by atoms with Gasteiger partial charge in [-0.1, -0.05) is 13.3 Å². The van der Waals surface area contributed by atoms with Gasteiger partial charge in [-0.15, -0.1) is 0 Å². The Bertz CT molecular complexity index is 772. The van der Waals surface area contributed by atoms with E-state index in [-0.39, 0.29) is 30.8 Å². The first-order valence-electron chi connectivity index (χ1n) is 9.20. The van der Waals surface area contributed by atoms with E-state index >= 15 is 0 Å². The number of nitrogens with one attached hydrogen (secondary N) is 1. The third-order valence-electron chi connectivity index (χ3n) is 4.73. The Morgan fingerprint density at radius 3 is 2.32 bits per heavy atom. The maximum atomic E-state index is 12.6. The third kappa shape index (κ3) is 5.83. The molecule has 28 heavy (non-hydrogen) atoms. The van der Waals surface area contributed by atoms with Crippen LogP contribution in [0.4, 0.5) is 4.79 Å². The number of amides is 1. The zero-order valence-corrected chi connectivity index (χ0v) is 16.5. The zero-order chi connectivity index (χ0) is 20.7. The highest BCUT2D eigenvalue weighted by Gasteiger charge is 2.35. The Kier molecular flexibility index (Phi) is 7.64. The summed E-state index contributed by atoms with van der Waals surface area (Å²) < 4.78 is 33.0. The highest BCUT2D eigenvalue weighted by molar-refractivity contribution is 7.89. The number of carbonyl (C=O) groups is 2. The molecule has 1 fully saturated rings. The summed E-state index contributed by atoms with van der Waals surface area (Å²) >= 11 is 0. The van der Waals surface area contributed by atoms with Crippen molar-refractivity contribution in [1.82, 2.24) is 9.62 Å². The largest absolute Gasteiger partial charge is 0.494 e. The van der Waals surface area contributed by atoms with Crippen LogP contribution in [0.15, 0.2) is 29.2 Å². The van der Waals surface area contributed by atoms with E-state index in [2.05, 4.69) is 4.72 Å². The van der Waals surface area contributed by atoms with E-state index in [1.54, 1.807) is 0 Å². The molecule has 2 rings (SSSR count). The number of hydrogen-bond donors (Lipinski definition) is 3. The molecule has 1 aromatic rings. The van der Waals surface area contributed by atoms with Crippen LogP contribution in [-0.4, -0.2) is 61.3 Å². The summed E-state index contributed by atoms with van der Waals surface area (Å²) in [7, 11) is -4.04. The van der Waals surface area contributed by atoms with Crippen LogP contribution >= 0.6 is 0 Å². The van der Waals surface area contributed by atoms with E-state index in [9.17, 15) is 23.1 Å². The summed E-state index contributed by atoms with van der Waals surface area (Å²) in [4.78, 5) is 23.8. The average Bonchev–Trinajstić information content (AvgIpc) is 2.67. The molecular formula is C18H26N2O7S. The lowest BCUT2D eigenvalue weighted by Gasteiger charge is -2.33. The Hall–Kier alpha value is -2.33. The first-order valence-corrected chi connectivity index (χ1v) is 10.7. The molecule has 9 nitrogen and oxygen atoms in total. The number of ether oxygens (including phenoxy) is 1. The lowest BCUT2D eigenvalue weighted by molar-refractivity contribution is -0.140. The van der Waals surface area contributed by atoms with Gasteiger partial charge in [0, 0.05) is 13.1 Å². The van der Waals surface area contributed by atoms with E-state index in [1.807, 2.05) is 6.92 Å². The molecule has 0 bridgehead atoms.